The summed E-state index contributed by atoms with van der Waals surface area (Å²) in [7, 11) is 6.68. The summed E-state index contributed by atoms with van der Waals surface area (Å²) in [5.74, 6) is 0. The van der Waals surface area contributed by atoms with Gasteiger partial charge in [-0.1, -0.05) is 54.6 Å². The SMILES string of the molecule is C[N+](C)(C)CC1=CCC(=Cc2ccccc2)C=C1. The topological polar surface area (TPSA) is 0 Å². The van der Waals surface area contributed by atoms with E-state index in [-0.39, 0.29) is 0 Å². The number of benzene rings is 1. The molecule has 0 amide bonds. The minimum atomic E-state index is 0.980. The molecule has 0 atom stereocenters. The molecule has 94 valence electrons. The Kier molecular flexibility index (Phi) is 3.83. The lowest BCUT2D eigenvalue weighted by Crippen LogP contribution is -2.36. The normalized spacial score (nSPS) is 17.9. The van der Waals surface area contributed by atoms with Gasteiger partial charge >= 0.3 is 0 Å². The minimum Gasteiger partial charge on any atom is -0.327 e. The minimum absolute atomic E-state index is 0.980. The smallest absolute Gasteiger partial charge is 0.103 e. The largest absolute Gasteiger partial charge is 0.327 e. The molecule has 1 heteroatoms. The fraction of sp³-hybridized carbons (Fsp3) is 0.294. The first-order valence-corrected chi connectivity index (χ1v) is 6.46. The Morgan fingerprint density at radius 1 is 1.06 bits per heavy atom. The Morgan fingerprint density at radius 3 is 2.33 bits per heavy atom. The molecule has 0 N–H and O–H groups in total. The van der Waals surface area contributed by atoms with Gasteiger partial charge in [0.2, 0.25) is 0 Å². The number of quaternary nitrogens is 1. The van der Waals surface area contributed by atoms with Crippen LogP contribution in [0.25, 0.3) is 6.08 Å². The van der Waals surface area contributed by atoms with E-state index in [0.717, 1.165) is 17.4 Å². The average Bonchev–Trinajstić information content (AvgIpc) is 2.31. The highest BCUT2D eigenvalue weighted by Crippen LogP contribution is 2.19. The first-order chi connectivity index (χ1) is 8.53. The van der Waals surface area contributed by atoms with E-state index in [1.165, 1.54) is 16.7 Å². The van der Waals surface area contributed by atoms with Crippen LogP contribution >= 0.6 is 0 Å². The third-order valence-electron chi connectivity index (χ3n) is 2.92. The second-order valence-electron chi connectivity index (χ2n) is 5.89. The molecule has 2 rings (SSSR count). The van der Waals surface area contributed by atoms with Crippen molar-refractivity contribution >= 4 is 6.08 Å². The molecule has 1 aromatic carbocycles. The molecule has 1 aliphatic rings. The molecule has 0 fully saturated rings. The van der Waals surface area contributed by atoms with Gasteiger partial charge in [-0.25, -0.2) is 0 Å². The van der Waals surface area contributed by atoms with Crippen molar-refractivity contribution in [2.75, 3.05) is 27.7 Å². The van der Waals surface area contributed by atoms with Crippen LogP contribution in [0, 0.1) is 0 Å². The Balaban J connectivity index is 2.03. The summed E-state index contributed by atoms with van der Waals surface area (Å²) in [5, 5.41) is 0. The van der Waals surface area contributed by atoms with Crippen LogP contribution in [0.3, 0.4) is 0 Å². The Morgan fingerprint density at radius 2 is 1.78 bits per heavy atom. The fourth-order valence-corrected chi connectivity index (χ4v) is 2.13. The van der Waals surface area contributed by atoms with E-state index in [4.69, 9.17) is 0 Å². The van der Waals surface area contributed by atoms with E-state index in [9.17, 15) is 0 Å². The van der Waals surface area contributed by atoms with Crippen LogP contribution < -0.4 is 0 Å². The summed E-state index contributed by atoms with van der Waals surface area (Å²) < 4.78 is 0.980. The van der Waals surface area contributed by atoms with Crippen molar-refractivity contribution in [3.8, 4) is 0 Å². The maximum Gasteiger partial charge on any atom is 0.103 e. The lowest BCUT2D eigenvalue weighted by atomic mass is 9.99. The number of likely N-dealkylation sites (N-methyl/N-ethyl adjacent to an activating group) is 1. The third kappa shape index (κ3) is 4.01. The van der Waals surface area contributed by atoms with Crippen LogP contribution in [0.5, 0.6) is 0 Å². The van der Waals surface area contributed by atoms with E-state index >= 15 is 0 Å². The summed E-state index contributed by atoms with van der Waals surface area (Å²) in [5.41, 5.74) is 4.10. The van der Waals surface area contributed by atoms with Crippen molar-refractivity contribution in [2.45, 2.75) is 6.42 Å². The molecule has 0 saturated heterocycles. The second-order valence-corrected chi connectivity index (χ2v) is 5.89. The van der Waals surface area contributed by atoms with Crippen molar-refractivity contribution in [3.05, 3.63) is 65.3 Å². The molecule has 18 heavy (non-hydrogen) atoms. The van der Waals surface area contributed by atoms with Crippen LogP contribution in [0.15, 0.2) is 59.7 Å². The Labute approximate surface area is 110 Å². The van der Waals surface area contributed by atoms with E-state index in [0.29, 0.717) is 0 Å². The molecular weight excluding hydrogens is 218 g/mol. The van der Waals surface area contributed by atoms with Crippen LogP contribution in [-0.4, -0.2) is 32.2 Å². The van der Waals surface area contributed by atoms with Crippen molar-refractivity contribution in [1.82, 2.24) is 0 Å². The molecule has 0 unspecified atom stereocenters. The van der Waals surface area contributed by atoms with Gasteiger partial charge in [0.15, 0.2) is 0 Å². The fourth-order valence-electron chi connectivity index (χ4n) is 2.13. The Bertz CT molecular complexity index is 484. The molecule has 0 aromatic heterocycles. The highest BCUT2D eigenvalue weighted by molar-refractivity contribution is 5.57. The summed E-state index contributed by atoms with van der Waals surface area (Å²) in [4.78, 5) is 0. The zero-order valence-corrected chi connectivity index (χ0v) is 11.6. The molecule has 0 radical (unpaired) electrons. The number of hydrogen-bond acceptors (Lipinski definition) is 0. The van der Waals surface area contributed by atoms with Gasteiger partial charge in [0.25, 0.3) is 0 Å². The number of rotatable bonds is 3. The number of nitrogens with zero attached hydrogens (tertiary/aromatic N) is 1. The van der Waals surface area contributed by atoms with Crippen molar-refractivity contribution in [3.63, 3.8) is 0 Å². The summed E-state index contributed by atoms with van der Waals surface area (Å²) in [6, 6.07) is 10.5. The predicted octanol–water partition coefficient (Wildman–Crippen LogP) is 3.66. The molecule has 0 spiro atoms. The lowest BCUT2D eigenvalue weighted by Gasteiger charge is -2.25. The second kappa shape index (κ2) is 5.36. The standard InChI is InChI=1S/C17H22N/c1-18(2,3)14-17-11-9-16(10-12-17)13-15-7-5-4-6-8-15/h4-9,11-13H,10,14H2,1-3H3/q+1. The van der Waals surface area contributed by atoms with Crippen molar-refractivity contribution in [1.29, 1.82) is 0 Å². The van der Waals surface area contributed by atoms with Gasteiger partial charge in [0.1, 0.15) is 6.54 Å². The van der Waals surface area contributed by atoms with Gasteiger partial charge in [-0.05, 0) is 17.6 Å². The predicted molar refractivity (Wildman–Crippen MR) is 79.2 cm³/mol. The highest BCUT2D eigenvalue weighted by Gasteiger charge is 2.11. The summed E-state index contributed by atoms with van der Waals surface area (Å²) in [6.07, 6.45) is 10.1. The van der Waals surface area contributed by atoms with Gasteiger partial charge in [0, 0.05) is 5.57 Å². The molecule has 1 aliphatic carbocycles. The van der Waals surface area contributed by atoms with E-state index in [2.05, 4.69) is 75.8 Å². The molecule has 0 bridgehead atoms. The molecule has 0 heterocycles. The summed E-state index contributed by atoms with van der Waals surface area (Å²) >= 11 is 0. The number of hydrogen-bond donors (Lipinski definition) is 0. The van der Waals surface area contributed by atoms with Gasteiger partial charge in [-0.2, -0.15) is 0 Å². The first-order valence-electron chi connectivity index (χ1n) is 6.46. The lowest BCUT2D eigenvalue weighted by molar-refractivity contribution is -0.865. The van der Waals surface area contributed by atoms with Crippen LogP contribution in [-0.2, 0) is 0 Å². The van der Waals surface area contributed by atoms with Gasteiger partial charge in [-0.3, -0.25) is 0 Å². The van der Waals surface area contributed by atoms with Gasteiger partial charge in [0.05, 0.1) is 21.1 Å². The van der Waals surface area contributed by atoms with E-state index in [1.807, 2.05) is 0 Å². The van der Waals surface area contributed by atoms with Gasteiger partial charge < -0.3 is 4.48 Å². The molecule has 1 nitrogen and oxygen atoms in total. The molecular formula is C17H22N+. The van der Waals surface area contributed by atoms with E-state index < -0.39 is 0 Å². The summed E-state index contributed by atoms with van der Waals surface area (Å²) in [6.45, 7) is 1.09. The quantitative estimate of drug-likeness (QED) is 0.707. The van der Waals surface area contributed by atoms with Gasteiger partial charge in [-0.15, -0.1) is 0 Å². The van der Waals surface area contributed by atoms with Crippen LogP contribution in [0.2, 0.25) is 0 Å². The zero-order valence-electron chi connectivity index (χ0n) is 11.6. The maximum absolute atomic E-state index is 2.35. The molecule has 1 aromatic rings. The first kappa shape index (κ1) is 12.8. The zero-order chi connectivity index (χ0) is 13.0. The maximum atomic E-state index is 2.35. The monoisotopic (exact) mass is 240 g/mol. The van der Waals surface area contributed by atoms with Crippen LogP contribution in [0.1, 0.15) is 12.0 Å². The molecule has 0 aliphatic heterocycles. The van der Waals surface area contributed by atoms with Crippen molar-refractivity contribution in [2.24, 2.45) is 0 Å². The van der Waals surface area contributed by atoms with Crippen LogP contribution in [0.4, 0.5) is 0 Å². The van der Waals surface area contributed by atoms with Crippen molar-refractivity contribution < 1.29 is 4.48 Å². The number of allylic oxidation sites excluding steroid dienone is 3. The average molecular weight is 240 g/mol. The molecule has 0 saturated carbocycles. The highest BCUT2D eigenvalue weighted by atomic mass is 15.3. The Hall–Kier alpha value is -1.60. The van der Waals surface area contributed by atoms with E-state index in [1.54, 1.807) is 0 Å². The third-order valence-corrected chi connectivity index (χ3v) is 2.92.